The van der Waals surface area contributed by atoms with E-state index in [4.69, 9.17) is 0 Å². The Morgan fingerprint density at radius 2 is 1.43 bits per heavy atom. The van der Waals surface area contributed by atoms with Gasteiger partial charge < -0.3 is 0 Å². The van der Waals surface area contributed by atoms with E-state index in [1.54, 1.807) is 0 Å². The average molecular weight is 255 g/mol. The van der Waals surface area contributed by atoms with Crippen molar-refractivity contribution in [2.75, 3.05) is 0 Å². The second-order valence-electron chi connectivity index (χ2n) is 2.63. The van der Waals surface area contributed by atoms with Gasteiger partial charge in [-0.3, -0.25) is 0 Å². The first-order valence-corrected chi connectivity index (χ1v) is 6.27. The molecule has 0 heterocycles. The van der Waals surface area contributed by atoms with Crippen LogP contribution in [0.3, 0.4) is 0 Å². The number of alkyl halides is 3. The Balaban J connectivity index is 5.09. The van der Waals surface area contributed by atoms with E-state index in [9.17, 15) is 30.0 Å². The number of halogens is 3. The van der Waals surface area contributed by atoms with E-state index < -0.39 is 30.8 Å². The topological polar surface area (TPSA) is 80.3 Å². The molecule has 0 aromatic heterocycles. The van der Waals surface area contributed by atoms with Crippen molar-refractivity contribution < 1.29 is 30.0 Å². The average Bonchev–Trinajstić information content (AvgIpc) is 1.80. The quantitative estimate of drug-likeness (QED) is 0.779. The van der Waals surface area contributed by atoms with E-state index in [2.05, 4.69) is 0 Å². The fraction of sp³-hybridized carbons (Fsp3) is 1.00. The van der Waals surface area contributed by atoms with Gasteiger partial charge in [-0.25, -0.2) is 16.8 Å². The minimum absolute atomic E-state index is 0.591. The molecular weight excluding hydrogens is 247 g/mol. The van der Waals surface area contributed by atoms with Gasteiger partial charge in [-0.05, 0) is 13.8 Å². The summed E-state index contributed by atoms with van der Waals surface area (Å²) < 4.78 is 78.0. The van der Waals surface area contributed by atoms with Crippen LogP contribution in [0.4, 0.5) is 13.2 Å². The maximum atomic E-state index is 11.7. The van der Waals surface area contributed by atoms with Crippen LogP contribution in [-0.2, 0) is 20.0 Å². The van der Waals surface area contributed by atoms with Gasteiger partial charge in [-0.2, -0.15) is 13.2 Å². The van der Waals surface area contributed by atoms with Crippen molar-refractivity contribution in [3.63, 3.8) is 0 Å². The molecule has 5 nitrogen and oxygen atoms in total. The van der Waals surface area contributed by atoms with Crippen molar-refractivity contribution in [1.29, 1.82) is 0 Å². The van der Waals surface area contributed by atoms with Gasteiger partial charge in [-0.15, -0.1) is 4.13 Å². The van der Waals surface area contributed by atoms with Gasteiger partial charge in [0.2, 0.25) is 10.0 Å². The molecule has 0 spiro atoms. The van der Waals surface area contributed by atoms with E-state index in [-0.39, 0.29) is 0 Å². The zero-order valence-corrected chi connectivity index (χ0v) is 8.79. The first-order valence-electron chi connectivity index (χ1n) is 3.24. The molecule has 0 aliphatic carbocycles. The van der Waals surface area contributed by atoms with Gasteiger partial charge >= 0.3 is 15.5 Å². The number of sulfonamides is 2. The molecule has 0 saturated carbocycles. The molecular formula is C4H8F3NO4S2. The molecule has 0 bridgehead atoms. The third-order valence-corrected chi connectivity index (χ3v) is 4.81. The monoisotopic (exact) mass is 255 g/mol. The summed E-state index contributed by atoms with van der Waals surface area (Å²) in [6.07, 6.45) is 0. The predicted molar refractivity (Wildman–Crippen MR) is 42.2 cm³/mol. The standard InChI is InChI=1S/C4H8F3NO4S2/c1-3(2)13(9,10)8-14(11,12)4(5,6)7/h3,8H,1-2H3. The molecule has 0 amide bonds. The number of rotatable bonds is 3. The lowest BCUT2D eigenvalue weighted by molar-refractivity contribution is -0.0441. The molecule has 86 valence electrons. The van der Waals surface area contributed by atoms with E-state index in [1.165, 1.54) is 0 Å². The fourth-order valence-electron chi connectivity index (χ4n) is 0.296. The van der Waals surface area contributed by atoms with Crippen LogP contribution in [0.5, 0.6) is 0 Å². The molecule has 0 unspecified atom stereocenters. The lowest BCUT2D eigenvalue weighted by atomic mass is 10.6. The fourth-order valence-corrected chi connectivity index (χ4v) is 2.67. The lowest BCUT2D eigenvalue weighted by Gasteiger charge is -2.11. The zero-order valence-electron chi connectivity index (χ0n) is 7.16. The Morgan fingerprint density at radius 1 is 1.07 bits per heavy atom. The first kappa shape index (κ1) is 13.7. The number of nitrogens with one attached hydrogen (secondary N) is 1. The Bertz CT molecular complexity index is 393. The zero-order chi connectivity index (χ0) is 11.8. The molecule has 0 aromatic rings. The molecule has 0 radical (unpaired) electrons. The molecule has 0 fully saturated rings. The van der Waals surface area contributed by atoms with E-state index in [1.807, 2.05) is 0 Å². The Labute approximate surface area is 79.4 Å². The highest BCUT2D eigenvalue weighted by molar-refractivity contribution is 8.05. The van der Waals surface area contributed by atoms with Crippen molar-refractivity contribution in [1.82, 2.24) is 4.13 Å². The summed E-state index contributed by atoms with van der Waals surface area (Å²) in [7, 11) is -10.3. The van der Waals surface area contributed by atoms with Crippen LogP contribution < -0.4 is 4.13 Å². The summed E-state index contributed by atoms with van der Waals surface area (Å²) in [6, 6.07) is 0. The van der Waals surface area contributed by atoms with Crippen LogP contribution in [0.2, 0.25) is 0 Å². The van der Waals surface area contributed by atoms with Crippen LogP contribution in [0, 0.1) is 0 Å². The molecule has 10 heteroatoms. The van der Waals surface area contributed by atoms with Gasteiger partial charge in [0.25, 0.3) is 0 Å². The normalized spacial score (nSPS) is 14.7. The Kier molecular flexibility index (Phi) is 3.57. The third kappa shape index (κ3) is 3.10. The lowest BCUT2D eigenvalue weighted by Crippen LogP contribution is -2.42. The van der Waals surface area contributed by atoms with Gasteiger partial charge in [0.15, 0.2) is 0 Å². The van der Waals surface area contributed by atoms with Crippen LogP contribution in [-0.4, -0.2) is 27.6 Å². The molecule has 0 aliphatic heterocycles. The van der Waals surface area contributed by atoms with Crippen molar-refractivity contribution >= 4 is 20.0 Å². The Morgan fingerprint density at radius 3 is 1.64 bits per heavy atom. The summed E-state index contributed by atoms with van der Waals surface area (Å²) in [5.41, 5.74) is -5.63. The van der Waals surface area contributed by atoms with Gasteiger partial charge in [0, 0.05) is 0 Å². The molecule has 14 heavy (non-hydrogen) atoms. The predicted octanol–water partition coefficient (Wildman–Crippen LogP) is 0.164. The molecule has 0 aromatic carbocycles. The number of hydrogen-bond acceptors (Lipinski definition) is 4. The second kappa shape index (κ2) is 3.66. The minimum Gasteiger partial charge on any atom is -0.211 e. The summed E-state index contributed by atoms with van der Waals surface area (Å²) >= 11 is 0. The van der Waals surface area contributed by atoms with Crippen LogP contribution >= 0.6 is 0 Å². The highest BCUT2D eigenvalue weighted by Gasteiger charge is 2.48. The van der Waals surface area contributed by atoms with Crippen LogP contribution in [0.1, 0.15) is 13.8 Å². The van der Waals surface area contributed by atoms with E-state index in [0.717, 1.165) is 13.8 Å². The molecule has 0 rings (SSSR count). The van der Waals surface area contributed by atoms with Crippen molar-refractivity contribution in [3.05, 3.63) is 0 Å². The van der Waals surface area contributed by atoms with Crippen molar-refractivity contribution in [3.8, 4) is 0 Å². The summed E-state index contributed by atoms with van der Waals surface area (Å²) in [6.45, 7) is 2.10. The van der Waals surface area contributed by atoms with E-state index >= 15 is 0 Å². The van der Waals surface area contributed by atoms with Crippen molar-refractivity contribution in [2.24, 2.45) is 0 Å². The minimum atomic E-state index is -5.84. The summed E-state index contributed by atoms with van der Waals surface area (Å²) in [4.78, 5) is 0. The molecule has 0 aliphatic rings. The smallest absolute Gasteiger partial charge is 0.211 e. The van der Waals surface area contributed by atoms with Crippen LogP contribution in [0.25, 0.3) is 0 Å². The second-order valence-corrected chi connectivity index (χ2v) is 6.80. The highest BCUT2D eigenvalue weighted by Crippen LogP contribution is 2.22. The summed E-state index contributed by atoms with van der Waals surface area (Å²) in [5, 5.41) is -1.26. The highest BCUT2D eigenvalue weighted by atomic mass is 32.3. The third-order valence-electron chi connectivity index (χ3n) is 1.15. The van der Waals surface area contributed by atoms with Crippen molar-refractivity contribution in [2.45, 2.75) is 24.6 Å². The van der Waals surface area contributed by atoms with E-state index in [0.29, 0.717) is 4.13 Å². The first-order chi connectivity index (χ1) is 5.90. The van der Waals surface area contributed by atoms with Gasteiger partial charge in [0.05, 0.1) is 5.25 Å². The summed E-state index contributed by atoms with van der Waals surface area (Å²) in [5.74, 6) is 0. The van der Waals surface area contributed by atoms with Crippen LogP contribution in [0.15, 0.2) is 0 Å². The SMILES string of the molecule is CC(C)S(=O)(=O)NS(=O)(=O)C(F)(F)F. The Hall–Kier alpha value is -0.350. The van der Waals surface area contributed by atoms with Gasteiger partial charge in [-0.1, -0.05) is 0 Å². The van der Waals surface area contributed by atoms with Gasteiger partial charge in [0.1, 0.15) is 0 Å². The maximum Gasteiger partial charge on any atom is 0.512 e. The maximum absolute atomic E-state index is 11.7. The largest absolute Gasteiger partial charge is 0.512 e. The molecule has 0 saturated heterocycles. The molecule has 0 atom stereocenters. The molecule has 1 N–H and O–H groups in total. The number of hydrogen-bond donors (Lipinski definition) is 1.